The summed E-state index contributed by atoms with van der Waals surface area (Å²) in [6.45, 7) is -0.0719. The summed E-state index contributed by atoms with van der Waals surface area (Å²) in [5.41, 5.74) is 4.49. The Balaban J connectivity index is 2.29. The van der Waals surface area contributed by atoms with Gasteiger partial charge in [0.05, 0.1) is 16.6 Å². The first-order valence-electron chi connectivity index (χ1n) is 6.29. The molecule has 0 aromatic heterocycles. The number of nitrogens with two attached hydrogens (primary N) is 1. The molecule has 2 rings (SSSR count). The van der Waals surface area contributed by atoms with E-state index in [0.717, 1.165) is 6.07 Å². The second kappa shape index (κ2) is 5.82. The van der Waals surface area contributed by atoms with Crippen LogP contribution in [-0.2, 0) is 17.5 Å². The topological polar surface area (TPSA) is 66.6 Å². The van der Waals surface area contributed by atoms with Crippen molar-refractivity contribution in [1.82, 2.24) is 4.90 Å². The Morgan fingerprint density at radius 3 is 2.67 bits per heavy atom. The Morgan fingerprint density at radius 1 is 1.43 bits per heavy atom. The molecule has 1 saturated heterocycles. The van der Waals surface area contributed by atoms with E-state index in [-0.39, 0.29) is 12.1 Å². The summed E-state index contributed by atoms with van der Waals surface area (Å²) in [6.07, 6.45) is -4.77. The molecule has 1 aromatic carbocycles. The lowest BCUT2D eigenvalue weighted by Gasteiger charge is -2.26. The van der Waals surface area contributed by atoms with Gasteiger partial charge in [0.15, 0.2) is 0 Å². The molecule has 0 saturated carbocycles. The number of aliphatic hydroxyl groups is 1. The summed E-state index contributed by atoms with van der Waals surface area (Å²) in [5, 5.41) is 9.42. The molecule has 1 aromatic rings. The maximum Gasteiger partial charge on any atom is 0.417 e. The van der Waals surface area contributed by atoms with E-state index < -0.39 is 34.9 Å². The van der Waals surface area contributed by atoms with Crippen molar-refractivity contribution in [3.63, 3.8) is 0 Å². The molecule has 1 amide bonds. The third-order valence-corrected chi connectivity index (χ3v) is 3.99. The molecule has 116 valence electrons. The van der Waals surface area contributed by atoms with Gasteiger partial charge in [-0.15, -0.1) is 0 Å². The van der Waals surface area contributed by atoms with Gasteiger partial charge in [-0.3, -0.25) is 9.69 Å². The van der Waals surface area contributed by atoms with E-state index in [4.69, 9.17) is 17.3 Å². The van der Waals surface area contributed by atoms with Crippen LogP contribution < -0.4 is 5.73 Å². The lowest BCUT2D eigenvalue weighted by molar-refractivity contribution is -0.137. The zero-order chi connectivity index (χ0) is 15.8. The number of carbonyl (C=O) groups excluding carboxylic acids is 1. The molecule has 8 heteroatoms. The van der Waals surface area contributed by atoms with Gasteiger partial charge in [-0.2, -0.15) is 13.2 Å². The minimum Gasteiger partial charge on any atom is -0.378 e. The number of alkyl halides is 3. The predicted molar refractivity (Wildman–Crippen MR) is 70.2 cm³/mol. The third-order valence-electron chi connectivity index (χ3n) is 3.55. The molecule has 2 atom stereocenters. The fourth-order valence-corrected chi connectivity index (χ4v) is 2.78. The maximum absolute atomic E-state index is 12.8. The summed E-state index contributed by atoms with van der Waals surface area (Å²) in [6, 6.07) is 2.86. The monoisotopic (exact) mass is 322 g/mol. The number of hydrogen-bond acceptors (Lipinski definition) is 3. The van der Waals surface area contributed by atoms with Crippen LogP contribution in [0.4, 0.5) is 13.2 Å². The molecular formula is C13H14ClF3N2O2. The van der Waals surface area contributed by atoms with Gasteiger partial charge in [0.1, 0.15) is 6.23 Å². The summed E-state index contributed by atoms with van der Waals surface area (Å²) >= 11 is 5.80. The molecule has 1 fully saturated rings. The average Bonchev–Trinajstić information content (AvgIpc) is 2.72. The molecule has 1 aliphatic rings. The van der Waals surface area contributed by atoms with Gasteiger partial charge in [-0.25, -0.2) is 0 Å². The Labute approximate surface area is 124 Å². The molecule has 0 spiro atoms. The quantitative estimate of drug-likeness (QED) is 0.896. The number of carbonyl (C=O) groups is 1. The van der Waals surface area contributed by atoms with Crippen LogP contribution in [0.3, 0.4) is 0 Å². The highest BCUT2D eigenvalue weighted by Crippen LogP contribution is 2.37. The van der Waals surface area contributed by atoms with E-state index in [1.807, 2.05) is 0 Å². The molecule has 3 N–H and O–H groups in total. The molecule has 1 heterocycles. The lowest BCUT2D eigenvalue weighted by Crippen LogP contribution is -2.43. The second-order valence-corrected chi connectivity index (χ2v) is 5.30. The number of likely N-dealkylation sites (tertiary alicyclic amines) is 1. The van der Waals surface area contributed by atoms with E-state index in [9.17, 15) is 23.1 Å². The molecule has 0 bridgehead atoms. The van der Waals surface area contributed by atoms with E-state index in [2.05, 4.69) is 0 Å². The van der Waals surface area contributed by atoms with Crippen LogP contribution in [0.25, 0.3) is 0 Å². The lowest BCUT2D eigenvalue weighted by atomic mass is 10.1. The van der Waals surface area contributed by atoms with Crippen molar-refractivity contribution in [3.8, 4) is 0 Å². The van der Waals surface area contributed by atoms with Gasteiger partial charge < -0.3 is 10.8 Å². The Bertz CT molecular complexity index is 551. The van der Waals surface area contributed by atoms with E-state index in [1.165, 1.54) is 17.0 Å². The van der Waals surface area contributed by atoms with Crippen molar-refractivity contribution < 1.29 is 23.1 Å². The molecule has 1 aliphatic heterocycles. The molecule has 21 heavy (non-hydrogen) atoms. The summed E-state index contributed by atoms with van der Waals surface area (Å²) < 4.78 is 38.4. The number of nitrogens with zero attached hydrogens (tertiary/aromatic N) is 1. The Kier molecular flexibility index (Phi) is 4.46. The van der Waals surface area contributed by atoms with Gasteiger partial charge >= 0.3 is 6.18 Å². The SMILES string of the molecule is NC(=O)C1CCC(O)N1Cc1cccc(C(F)(F)F)c1Cl. The second-order valence-electron chi connectivity index (χ2n) is 4.92. The molecule has 0 aliphatic carbocycles. The number of halogens is 4. The van der Waals surface area contributed by atoms with Crippen LogP contribution in [0.5, 0.6) is 0 Å². The number of hydrogen-bond donors (Lipinski definition) is 2. The van der Waals surface area contributed by atoms with Crippen LogP contribution in [-0.4, -0.2) is 28.2 Å². The van der Waals surface area contributed by atoms with Crippen molar-refractivity contribution in [1.29, 1.82) is 0 Å². The van der Waals surface area contributed by atoms with Gasteiger partial charge in [0.2, 0.25) is 5.91 Å². The first-order valence-corrected chi connectivity index (χ1v) is 6.67. The summed E-state index contributed by atoms with van der Waals surface area (Å²) in [4.78, 5) is 12.7. The average molecular weight is 323 g/mol. The molecule has 4 nitrogen and oxygen atoms in total. The van der Waals surface area contributed by atoms with Gasteiger partial charge in [-0.05, 0) is 24.5 Å². The number of benzene rings is 1. The highest BCUT2D eigenvalue weighted by molar-refractivity contribution is 6.32. The zero-order valence-electron chi connectivity index (χ0n) is 10.9. The first kappa shape index (κ1) is 16.1. The zero-order valence-corrected chi connectivity index (χ0v) is 11.7. The largest absolute Gasteiger partial charge is 0.417 e. The molecule has 0 radical (unpaired) electrons. The first-order chi connectivity index (χ1) is 9.71. The third kappa shape index (κ3) is 3.30. The van der Waals surface area contributed by atoms with E-state index >= 15 is 0 Å². The molecule has 2 unspecified atom stereocenters. The summed E-state index contributed by atoms with van der Waals surface area (Å²) in [7, 11) is 0. The van der Waals surface area contributed by atoms with Crippen molar-refractivity contribution >= 4 is 17.5 Å². The number of primary amides is 1. The normalized spacial score (nSPS) is 23.5. The highest BCUT2D eigenvalue weighted by atomic mass is 35.5. The van der Waals surface area contributed by atoms with Crippen molar-refractivity contribution in [3.05, 3.63) is 34.3 Å². The smallest absolute Gasteiger partial charge is 0.378 e. The van der Waals surface area contributed by atoms with Crippen LogP contribution in [0.2, 0.25) is 5.02 Å². The summed E-state index contributed by atoms with van der Waals surface area (Å²) in [5.74, 6) is -0.616. The molecular weight excluding hydrogens is 309 g/mol. The minimum atomic E-state index is -4.56. The number of aliphatic hydroxyl groups excluding tert-OH is 1. The van der Waals surface area contributed by atoms with Crippen molar-refractivity contribution in [2.75, 3.05) is 0 Å². The van der Waals surface area contributed by atoms with Crippen molar-refractivity contribution in [2.24, 2.45) is 5.73 Å². The number of rotatable bonds is 3. The van der Waals surface area contributed by atoms with Crippen LogP contribution in [0.15, 0.2) is 18.2 Å². The standard InChI is InChI=1S/C13H14ClF3N2O2/c14-11-7(2-1-3-8(11)13(15,16)17)6-19-9(12(18)21)4-5-10(19)20/h1-3,9-10,20H,4-6H2,(H2,18,21). The maximum atomic E-state index is 12.8. The Morgan fingerprint density at radius 2 is 2.10 bits per heavy atom. The number of amides is 1. The van der Waals surface area contributed by atoms with Crippen LogP contribution >= 0.6 is 11.6 Å². The van der Waals surface area contributed by atoms with Crippen molar-refractivity contribution in [2.45, 2.75) is 37.8 Å². The van der Waals surface area contributed by atoms with Gasteiger partial charge in [0, 0.05) is 6.54 Å². The van der Waals surface area contributed by atoms with Gasteiger partial charge in [0.25, 0.3) is 0 Å². The van der Waals surface area contributed by atoms with E-state index in [0.29, 0.717) is 12.8 Å². The minimum absolute atomic E-state index is 0.0719. The van der Waals surface area contributed by atoms with Crippen LogP contribution in [0.1, 0.15) is 24.0 Å². The fourth-order valence-electron chi connectivity index (χ4n) is 2.49. The Hall–Kier alpha value is -1.31. The van der Waals surface area contributed by atoms with Gasteiger partial charge in [-0.1, -0.05) is 23.7 Å². The van der Waals surface area contributed by atoms with Crippen LogP contribution in [0, 0.1) is 0 Å². The fraction of sp³-hybridized carbons (Fsp3) is 0.462. The predicted octanol–water partition coefficient (Wildman–Crippen LogP) is 2.13. The highest BCUT2D eigenvalue weighted by Gasteiger charge is 2.37. The van der Waals surface area contributed by atoms with E-state index in [1.54, 1.807) is 0 Å².